The number of carbonyl (C=O) groups excluding carboxylic acids is 1. The summed E-state index contributed by atoms with van der Waals surface area (Å²) >= 11 is 0. The molecular formula is C21H22FNO4. The third-order valence-corrected chi connectivity index (χ3v) is 5.33. The van der Waals surface area contributed by atoms with Crippen molar-refractivity contribution in [3.05, 3.63) is 71.5 Å². The summed E-state index contributed by atoms with van der Waals surface area (Å²) in [6, 6.07) is 14.9. The first kappa shape index (κ1) is 17.9. The molecule has 2 aliphatic heterocycles. The molecule has 2 aromatic carbocycles. The first-order chi connectivity index (χ1) is 13.0. The number of ether oxygens (including phenoxy) is 2. The van der Waals surface area contributed by atoms with E-state index in [1.165, 1.54) is 12.1 Å². The van der Waals surface area contributed by atoms with Gasteiger partial charge in [0, 0.05) is 12.8 Å². The van der Waals surface area contributed by atoms with Gasteiger partial charge in [-0.1, -0.05) is 42.5 Å². The molecule has 2 saturated heterocycles. The van der Waals surface area contributed by atoms with Crippen molar-refractivity contribution in [3.63, 3.8) is 0 Å². The second-order valence-corrected chi connectivity index (χ2v) is 7.24. The molecular weight excluding hydrogens is 349 g/mol. The summed E-state index contributed by atoms with van der Waals surface area (Å²) in [5, 5.41) is 11.2. The number of aliphatic hydroxyl groups is 1. The van der Waals surface area contributed by atoms with Gasteiger partial charge in [-0.25, -0.2) is 9.18 Å². The Hall–Kier alpha value is -2.44. The summed E-state index contributed by atoms with van der Waals surface area (Å²) in [5.74, 6) is -0.382. The molecule has 0 radical (unpaired) electrons. The fourth-order valence-electron chi connectivity index (χ4n) is 4.08. The molecule has 4 rings (SSSR count). The van der Waals surface area contributed by atoms with E-state index >= 15 is 0 Å². The maximum Gasteiger partial charge on any atom is 0.410 e. The largest absolute Gasteiger partial charge is 0.445 e. The zero-order valence-electron chi connectivity index (χ0n) is 14.9. The van der Waals surface area contributed by atoms with Crippen LogP contribution in [0.4, 0.5) is 9.18 Å². The van der Waals surface area contributed by atoms with E-state index < -0.39 is 11.7 Å². The minimum atomic E-state index is -1.18. The fourth-order valence-corrected chi connectivity index (χ4v) is 4.08. The highest BCUT2D eigenvalue weighted by Gasteiger charge is 2.49. The van der Waals surface area contributed by atoms with Crippen molar-refractivity contribution in [2.45, 2.75) is 37.1 Å². The van der Waals surface area contributed by atoms with E-state index in [0.717, 1.165) is 5.56 Å². The topological polar surface area (TPSA) is 59.0 Å². The van der Waals surface area contributed by atoms with E-state index in [1.807, 2.05) is 30.3 Å². The monoisotopic (exact) mass is 371 g/mol. The van der Waals surface area contributed by atoms with Crippen molar-refractivity contribution in [2.24, 2.45) is 0 Å². The number of rotatable bonds is 3. The molecule has 2 aromatic rings. The van der Waals surface area contributed by atoms with Gasteiger partial charge in [0.15, 0.2) is 0 Å². The molecule has 142 valence electrons. The Morgan fingerprint density at radius 2 is 1.85 bits per heavy atom. The van der Waals surface area contributed by atoms with Crippen LogP contribution < -0.4 is 0 Å². The second kappa shape index (κ2) is 7.29. The molecule has 0 saturated carbocycles. The highest BCUT2D eigenvalue weighted by Crippen LogP contribution is 2.41. The lowest BCUT2D eigenvalue weighted by atomic mass is 9.77. The van der Waals surface area contributed by atoms with Crippen molar-refractivity contribution in [1.82, 2.24) is 4.90 Å². The first-order valence-corrected chi connectivity index (χ1v) is 9.10. The van der Waals surface area contributed by atoms with Gasteiger partial charge in [-0.15, -0.1) is 0 Å². The van der Waals surface area contributed by atoms with E-state index in [1.54, 1.807) is 17.0 Å². The number of amides is 1. The lowest BCUT2D eigenvalue weighted by Gasteiger charge is -2.51. The van der Waals surface area contributed by atoms with Crippen LogP contribution in [0.1, 0.15) is 24.0 Å². The highest BCUT2D eigenvalue weighted by atomic mass is 19.1. The molecule has 2 heterocycles. The van der Waals surface area contributed by atoms with Gasteiger partial charge in [-0.05, 0) is 23.3 Å². The minimum absolute atomic E-state index is 0.199. The van der Waals surface area contributed by atoms with Crippen LogP contribution >= 0.6 is 0 Å². The average Bonchev–Trinajstić information content (AvgIpc) is 2.66. The number of morpholine rings is 1. The quantitative estimate of drug-likeness (QED) is 0.900. The zero-order chi connectivity index (χ0) is 18.9. The lowest BCUT2D eigenvalue weighted by molar-refractivity contribution is -0.137. The van der Waals surface area contributed by atoms with Gasteiger partial charge in [-0.2, -0.15) is 0 Å². The molecule has 2 atom stereocenters. The number of nitrogens with zero attached hydrogens (tertiary/aromatic N) is 1. The Kier molecular flexibility index (Phi) is 4.85. The Labute approximate surface area is 157 Å². The summed E-state index contributed by atoms with van der Waals surface area (Å²) < 4.78 is 24.7. The third kappa shape index (κ3) is 3.68. The second-order valence-electron chi connectivity index (χ2n) is 7.24. The first-order valence-electron chi connectivity index (χ1n) is 9.10. The number of piperidine rings is 1. The summed E-state index contributed by atoms with van der Waals surface area (Å²) in [6.07, 6.45) is 0.166. The van der Waals surface area contributed by atoms with Crippen LogP contribution in [0.25, 0.3) is 0 Å². The molecule has 2 aliphatic rings. The molecule has 1 N–H and O–H groups in total. The molecule has 1 amide bonds. The molecule has 27 heavy (non-hydrogen) atoms. The smallest absolute Gasteiger partial charge is 0.410 e. The van der Waals surface area contributed by atoms with Crippen LogP contribution in [0, 0.1) is 5.82 Å². The molecule has 2 unspecified atom stereocenters. The number of fused-ring (bicyclic) bond motifs is 2. The number of hydrogen-bond donors (Lipinski definition) is 1. The maximum absolute atomic E-state index is 13.6. The number of halogens is 1. The van der Waals surface area contributed by atoms with Crippen LogP contribution in [0.15, 0.2) is 54.6 Å². The highest BCUT2D eigenvalue weighted by molar-refractivity contribution is 5.69. The molecule has 6 heteroatoms. The summed E-state index contributed by atoms with van der Waals surface area (Å²) in [6.45, 7) is 0.855. The van der Waals surface area contributed by atoms with Crippen molar-refractivity contribution in [2.75, 3.05) is 13.2 Å². The van der Waals surface area contributed by atoms with Gasteiger partial charge in [0.1, 0.15) is 12.4 Å². The zero-order valence-corrected chi connectivity index (χ0v) is 14.9. The summed E-state index contributed by atoms with van der Waals surface area (Å²) in [4.78, 5) is 14.4. The maximum atomic E-state index is 13.6. The van der Waals surface area contributed by atoms with Crippen LogP contribution in [0.2, 0.25) is 0 Å². The van der Waals surface area contributed by atoms with Crippen LogP contribution in [0.5, 0.6) is 0 Å². The molecule has 2 fully saturated rings. The van der Waals surface area contributed by atoms with Gasteiger partial charge in [0.25, 0.3) is 0 Å². The normalized spacial score (nSPS) is 27.3. The predicted molar refractivity (Wildman–Crippen MR) is 96.4 cm³/mol. The van der Waals surface area contributed by atoms with E-state index in [0.29, 0.717) is 18.8 Å². The van der Waals surface area contributed by atoms with Gasteiger partial charge in [-0.3, -0.25) is 4.90 Å². The summed E-state index contributed by atoms with van der Waals surface area (Å²) in [5.41, 5.74) is 0.273. The Bertz CT molecular complexity index is 799. The van der Waals surface area contributed by atoms with Crippen LogP contribution in [-0.4, -0.2) is 41.4 Å². The molecule has 2 bridgehead atoms. The van der Waals surface area contributed by atoms with Crippen molar-refractivity contribution >= 4 is 6.09 Å². The Balaban J connectivity index is 1.49. The Morgan fingerprint density at radius 3 is 2.52 bits per heavy atom. The standard InChI is InChI=1S/C21H22FNO4/c22-17-8-4-7-16(9-17)21(25)10-18-13-26-14-19(11-21)23(18)20(24)27-12-15-5-2-1-3-6-15/h1-9,18-19,25H,10-14H2. The van der Waals surface area contributed by atoms with Crippen LogP contribution in [0.3, 0.4) is 0 Å². The van der Waals surface area contributed by atoms with E-state index in [-0.39, 0.29) is 37.3 Å². The minimum Gasteiger partial charge on any atom is -0.445 e. The summed E-state index contributed by atoms with van der Waals surface area (Å²) in [7, 11) is 0. The molecule has 5 nitrogen and oxygen atoms in total. The molecule has 0 aromatic heterocycles. The van der Waals surface area contributed by atoms with Gasteiger partial charge >= 0.3 is 6.09 Å². The number of carbonyl (C=O) groups is 1. The third-order valence-electron chi connectivity index (χ3n) is 5.33. The molecule has 0 spiro atoms. The van der Waals surface area contributed by atoms with Gasteiger partial charge in [0.05, 0.1) is 30.9 Å². The lowest BCUT2D eigenvalue weighted by Crippen LogP contribution is -2.62. The van der Waals surface area contributed by atoms with Crippen molar-refractivity contribution in [3.8, 4) is 0 Å². The van der Waals surface area contributed by atoms with E-state index in [2.05, 4.69) is 0 Å². The van der Waals surface area contributed by atoms with Crippen molar-refractivity contribution < 1.29 is 23.8 Å². The van der Waals surface area contributed by atoms with Gasteiger partial charge < -0.3 is 14.6 Å². The van der Waals surface area contributed by atoms with E-state index in [9.17, 15) is 14.3 Å². The van der Waals surface area contributed by atoms with Crippen molar-refractivity contribution in [1.29, 1.82) is 0 Å². The number of benzene rings is 2. The predicted octanol–water partition coefficient (Wildman–Crippen LogP) is 3.21. The SMILES string of the molecule is O=C(OCc1ccccc1)N1C2COCC1CC(O)(c1cccc(F)c1)C2. The Morgan fingerprint density at radius 1 is 1.15 bits per heavy atom. The van der Waals surface area contributed by atoms with Gasteiger partial charge in [0.2, 0.25) is 0 Å². The average molecular weight is 371 g/mol. The van der Waals surface area contributed by atoms with Crippen LogP contribution in [-0.2, 0) is 21.7 Å². The van der Waals surface area contributed by atoms with E-state index in [4.69, 9.17) is 9.47 Å². The fraction of sp³-hybridized carbons (Fsp3) is 0.381. The molecule has 0 aliphatic carbocycles. The number of hydrogen-bond acceptors (Lipinski definition) is 4.